The van der Waals surface area contributed by atoms with E-state index in [1.54, 1.807) is 19.2 Å². The Morgan fingerprint density at radius 2 is 2.15 bits per heavy atom. The van der Waals surface area contributed by atoms with Gasteiger partial charge < -0.3 is 29.8 Å². The molecule has 1 saturated heterocycles. The summed E-state index contributed by atoms with van der Waals surface area (Å²) in [6, 6.07) is 3.49. The van der Waals surface area contributed by atoms with Crippen molar-refractivity contribution in [2.45, 2.75) is 13.0 Å². The average Bonchev–Trinajstić information content (AvgIpc) is 3.21. The van der Waals surface area contributed by atoms with Crippen LogP contribution in [0.5, 0.6) is 0 Å². The van der Waals surface area contributed by atoms with Crippen LogP contribution in [0.25, 0.3) is 0 Å². The van der Waals surface area contributed by atoms with Gasteiger partial charge in [-0.05, 0) is 19.1 Å². The number of aliphatic imine (C=N–C) groups is 1. The lowest BCUT2D eigenvalue weighted by Crippen LogP contribution is -2.54. The van der Waals surface area contributed by atoms with Gasteiger partial charge in [-0.15, -0.1) is 0 Å². The molecule has 2 rings (SSSR count). The lowest BCUT2D eigenvalue weighted by atomic mass is 10.3. The van der Waals surface area contributed by atoms with Gasteiger partial charge in [0, 0.05) is 46.4 Å². The van der Waals surface area contributed by atoms with Crippen molar-refractivity contribution in [1.29, 1.82) is 0 Å². The van der Waals surface area contributed by atoms with E-state index >= 15 is 0 Å². The topological polar surface area (TPSA) is 103 Å². The zero-order valence-electron chi connectivity index (χ0n) is 16.2. The molecule has 9 nitrogen and oxygen atoms in total. The van der Waals surface area contributed by atoms with Crippen molar-refractivity contribution < 1.29 is 19.1 Å². The molecule has 2 heterocycles. The number of guanidine groups is 1. The van der Waals surface area contributed by atoms with Crippen LogP contribution in [0.15, 0.2) is 27.8 Å². The van der Waals surface area contributed by atoms with E-state index < -0.39 is 6.10 Å². The van der Waals surface area contributed by atoms with Gasteiger partial charge >= 0.3 is 0 Å². The number of aliphatic hydroxyl groups is 1. The first kappa shape index (κ1) is 21.2. The first-order valence-electron chi connectivity index (χ1n) is 9.36. The van der Waals surface area contributed by atoms with Gasteiger partial charge in [-0.25, -0.2) is 4.99 Å². The molecule has 3 N–H and O–H groups in total. The van der Waals surface area contributed by atoms with Gasteiger partial charge in [-0.2, -0.15) is 0 Å². The van der Waals surface area contributed by atoms with Gasteiger partial charge in [0.05, 0.1) is 26.0 Å². The van der Waals surface area contributed by atoms with Crippen molar-refractivity contribution >= 4 is 11.9 Å². The summed E-state index contributed by atoms with van der Waals surface area (Å²) in [7, 11) is 1.61. The lowest BCUT2D eigenvalue weighted by molar-refractivity contribution is -0.122. The van der Waals surface area contributed by atoms with Gasteiger partial charge in [0.15, 0.2) is 5.96 Å². The Morgan fingerprint density at radius 3 is 2.78 bits per heavy atom. The minimum absolute atomic E-state index is 0.0163. The van der Waals surface area contributed by atoms with Crippen LogP contribution in [0.1, 0.15) is 18.8 Å². The number of amides is 1. The van der Waals surface area contributed by atoms with Gasteiger partial charge in [0.25, 0.3) is 0 Å². The second kappa shape index (κ2) is 11.6. The van der Waals surface area contributed by atoms with E-state index in [0.29, 0.717) is 25.5 Å². The molecule has 1 fully saturated rings. The Morgan fingerprint density at radius 1 is 1.37 bits per heavy atom. The first-order valence-corrected chi connectivity index (χ1v) is 9.36. The number of aliphatic hydroxyl groups excluding tert-OH is 1. The number of methoxy groups -OCH3 is 1. The van der Waals surface area contributed by atoms with Crippen molar-refractivity contribution in [2.24, 2.45) is 4.99 Å². The van der Waals surface area contributed by atoms with Crippen LogP contribution in [-0.2, 0) is 9.53 Å². The predicted molar refractivity (Wildman–Crippen MR) is 103 cm³/mol. The Hall–Kier alpha value is -2.10. The van der Waals surface area contributed by atoms with Gasteiger partial charge in [0.1, 0.15) is 11.9 Å². The third kappa shape index (κ3) is 7.20. The molecule has 1 aliphatic rings. The highest BCUT2D eigenvalue weighted by Crippen LogP contribution is 2.13. The summed E-state index contributed by atoms with van der Waals surface area (Å²) >= 11 is 0. The average molecular weight is 381 g/mol. The molecule has 0 radical (unpaired) electrons. The smallest absolute Gasteiger partial charge is 0.234 e. The molecule has 0 saturated carbocycles. The maximum absolute atomic E-state index is 11.9. The predicted octanol–water partition coefficient (Wildman–Crippen LogP) is -0.341. The number of carbonyl (C=O) groups excluding carboxylic acids is 1. The normalized spacial score (nSPS) is 17.0. The van der Waals surface area contributed by atoms with Crippen molar-refractivity contribution in [2.75, 3.05) is 66.1 Å². The number of nitrogens with zero attached hydrogens (tertiary/aromatic N) is 3. The Kier molecular flexibility index (Phi) is 9.09. The summed E-state index contributed by atoms with van der Waals surface area (Å²) in [4.78, 5) is 20.7. The third-order valence-corrected chi connectivity index (χ3v) is 4.29. The number of furan rings is 1. The van der Waals surface area contributed by atoms with Crippen LogP contribution in [0, 0.1) is 0 Å². The minimum atomic E-state index is -0.759. The Labute approximate surface area is 160 Å². The highest BCUT2D eigenvalue weighted by Gasteiger charge is 2.21. The van der Waals surface area contributed by atoms with Crippen LogP contribution < -0.4 is 10.6 Å². The second-order valence-corrected chi connectivity index (χ2v) is 6.33. The fourth-order valence-corrected chi connectivity index (χ4v) is 2.84. The van der Waals surface area contributed by atoms with Crippen molar-refractivity contribution in [3.63, 3.8) is 0 Å². The van der Waals surface area contributed by atoms with Crippen LogP contribution >= 0.6 is 0 Å². The fraction of sp³-hybridized carbons (Fsp3) is 0.667. The molecular weight excluding hydrogens is 350 g/mol. The quantitative estimate of drug-likeness (QED) is 0.305. The molecule has 9 heteroatoms. The molecule has 27 heavy (non-hydrogen) atoms. The molecule has 0 spiro atoms. The fourth-order valence-electron chi connectivity index (χ4n) is 2.84. The molecule has 1 aromatic rings. The number of ether oxygens (including phenoxy) is 1. The SMILES string of the molecule is CCNC(=NCC(O)c1ccco1)N1CCN(CC(=O)NCCOC)CC1. The van der Waals surface area contributed by atoms with E-state index in [1.165, 1.54) is 6.26 Å². The maximum Gasteiger partial charge on any atom is 0.234 e. The number of hydrogen-bond donors (Lipinski definition) is 3. The summed E-state index contributed by atoms with van der Waals surface area (Å²) in [5.74, 6) is 1.30. The van der Waals surface area contributed by atoms with Crippen molar-refractivity contribution in [3.05, 3.63) is 24.2 Å². The van der Waals surface area contributed by atoms with Crippen LogP contribution in [-0.4, -0.2) is 92.8 Å². The molecule has 0 bridgehead atoms. The number of nitrogens with one attached hydrogen (secondary N) is 2. The molecule has 152 valence electrons. The Balaban J connectivity index is 1.80. The zero-order valence-corrected chi connectivity index (χ0v) is 16.2. The van der Waals surface area contributed by atoms with Crippen LogP contribution in [0.4, 0.5) is 0 Å². The molecule has 0 aromatic carbocycles. The number of carbonyl (C=O) groups is 1. The number of hydrogen-bond acceptors (Lipinski definition) is 6. The van der Waals surface area contributed by atoms with E-state index in [0.717, 1.165) is 38.7 Å². The molecule has 0 aliphatic carbocycles. The molecule has 1 amide bonds. The highest BCUT2D eigenvalue weighted by molar-refractivity contribution is 5.80. The van der Waals surface area contributed by atoms with Crippen LogP contribution in [0.2, 0.25) is 0 Å². The number of piperazine rings is 1. The van der Waals surface area contributed by atoms with Crippen molar-refractivity contribution in [1.82, 2.24) is 20.4 Å². The van der Waals surface area contributed by atoms with E-state index in [-0.39, 0.29) is 12.5 Å². The molecular formula is C18H31N5O4. The van der Waals surface area contributed by atoms with Gasteiger partial charge in [-0.1, -0.05) is 0 Å². The molecule has 1 aromatic heterocycles. The number of rotatable bonds is 9. The second-order valence-electron chi connectivity index (χ2n) is 6.33. The zero-order chi connectivity index (χ0) is 19.5. The monoisotopic (exact) mass is 381 g/mol. The largest absolute Gasteiger partial charge is 0.467 e. The maximum atomic E-state index is 11.9. The van der Waals surface area contributed by atoms with Crippen LogP contribution in [0.3, 0.4) is 0 Å². The molecule has 1 atom stereocenters. The van der Waals surface area contributed by atoms with E-state index in [2.05, 4.69) is 25.4 Å². The minimum Gasteiger partial charge on any atom is -0.467 e. The molecule has 1 aliphatic heterocycles. The first-order chi connectivity index (χ1) is 13.1. The summed E-state index contributed by atoms with van der Waals surface area (Å²) in [5.41, 5.74) is 0. The lowest BCUT2D eigenvalue weighted by Gasteiger charge is -2.36. The standard InChI is InChI=1S/C18H31N5O4/c1-3-19-18(21-13-15(24)16-5-4-11-27-16)23-9-7-22(8-10-23)14-17(25)20-6-12-26-2/h4-5,11,15,24H,3,6-10,12-14H2,1-2H3,(H,19,21)(H,20,25). The van der Waals surface area contributed by atoms with E-state index in [1.807, 2.05) is 6.92 Å². The van der Waals surface area contributed by atoms with Gasteiger partial charge in [0.2, 0.25) is 5.91 Å². The van der Waals surface area contributed by atoms with Crippen molar-refractivity contribution in [3.8, 4) is 0 Å². The third-order valence-electron chi connectivity index (χ3n) is 4.29. The highest BCUT2D eigenvalue weighted by atomic mass is 16.5. The molecule has 1 unspecified atom stereocenters. The summed E-state index contributed by atoms with van der Waals surface area (Å²) in [6.07, 6.45) is 0.781. The Bertz CT molecular complexity index is 570. The summed E-state index contributed by atoms with van der Waals surface area (Å²) < 4.78 is 10.1. The summed E-state index contributed by atoms with van der Waals surface area (Å²) in [5, 5.41) is 16.3. The summed E-state index contributed by atoms with van der Waals surface area (Å²) in [6.45, 7) is 7.54. The van der Waals surface area contributed by atoms with E-state index in [9.17, 15) is 9.90 Å². The van der Waals surface area contributed by atoms with E-state index in [4.69, 9.17) is 9.15 Å². The van der Waals surface area contributed by atoms with Gasteiger partial charge in [-0.3, -0.25) is 9.69 Å².